The maximum absolute atomic E-state index is 13.1. The first-order valence-electron chi connectivity index (χ1n) is 19.7. The van der Waals surface area contributed by atoms with Crippen molar-refractivity contribution in [3.8, 4) is 11.1 Å². The molecular formula is C41H55N11O4. The smallest absolute Gasteiger partial charge is 0.272 e. The number of aldehydes is 1. The fourth-order valence-electron chi connectivity index (χ4n) is 7.67. The average Bonchev–Trinajstić information content (AvgIpc) is 4.11. The molecular weight excluding hydrogens is 711 g/mol. The molecule has 5 heterocycles. The van der Waals surface area contributed by atoms with Gasteiger partial charge in [0, 0.05) is 76.0 Å². The summed E-state index contributed by atoms with van der Waals surface area (Å²) in [6.45, 7) is 7.07. The van der Waals surface area contributed by atoms with Crippen molar-refractivity contribution in [1.29, 1.82) is 0 Å². The number of rotatable bonds is 12. The Hall–Kier alpha value is -5.41. The number of aliphatic hydroxyl groups is 1. The number of likely N-dealkylation sites (tertiary alicyclic amines) is 2. The molecule has 1 aromatic carbocycles. The molecule has 15 nitrogen and oxygen atoms in total. The molecule has 298 valence electrons. The molecule has 3 aliphatic heterocycles. The van der Waals surface area contributed by atoms with Crippen LogP contribution in [0.2, 0.25) is 0 Å². The molecule has 2 aliphatic carbocycles. The number of fused-ring (bicyclic) bond motifs is 3. The summed E-state index contributed by atoms with van der Waals surface area (Å²) in [6.07, 6.45) is 10.3. The quantitative estimate of drug-likeness (QED) is 0.0897. The van der Waals surface area contributed by atoms with Crippen LogP contribution in [0.4, 0.5) is 11.4 Å². The van der Waals surface area contributed by atoms with E-state index in [0.29, 0.717) is 49.2 Å². The highest BCUT2D eigenvalue weighted by Crippen LogP contribution is 2.49. The van der Waals surface area contributed by atoms with Crippen molar-refractivity contribution in [2.24, 2.45) is 17.4 Å². The molecule has 2 unspecified atom stereocenters. The number of para-hydroxylation sites is 1. The highest BCUT2D eigenvalue weighted by Gasteiger charge is 2.39. The summed E-state index contributed by atoms with van der Waals surface area (Å²) in [4.78, 5) is 46.6. The minimum atomic E-state index is -0.846. The number of hydrogen-bond donors (Lipinski definition) is 6. The number of nitrogens with two attached hydrogens (primary N) is 2. The van der Waals surface area contributed by atoms with Crippen molar-refractivity contribution in [1.82, 2.24) is 35.2 Å². The fourth-order valence-corrected chi connectivity index (χ4v) is 7.67. The predicted molar refractivity (Wildman–Crippen MR) is 215 cm³/mol. The summed E-state index contributed by atoms with van der Waals surface area (Å²) < 4.78 is 2.19. The number of carbonyl (C=O) groups is 3. The number of benzene rings is 1. The number of nitrogens with zero attached hydrogens (tertiary/aromatic N) is 6. The van der Waals surface area contributed by atoms with E-state index in [4.69, 9.17) is 21.5 Å². The van der Waals surface area contributed by atoms with E-state index >= 15 is 0 Å². The van der Waals surface area contributed by atoms with E-state index in [2.05, 4.69) is 50.5 Å². The lowest BCUT2D eigenvalue weighted by atomic mass is 9.91. The van der Waals surface area contributed by atoms with Crippen LogP contribution in [-0.2, 0) is 16.1 Å². The average molecular weight is 766 g/mol. The molecule has 2 amide bonds. The third-order valence-corrected chi connectivity index (χ3v) is 11.2. The maximum atomic E-state index is 13.1. The minimum Gasteiger partial charge on any atom is -0.393 e. The Labute approximate surface area is 328 Å². The van der Waals surface area contributed by atoms with E-state index in [1.54, 1.807) is 31.0 Å². The molecule has 2 saturated heterocycles. The summed E-state index contributed by atoms with van der Waals surface area (Å²) in [5.41, 5.74) is 18.6. The summed E-state index contributed by atoms with van der Waals surface area (Å²) in [7, 11) is 3.81. The zero-order valence-corrected chi connectivity index (χ0v) is 32.8. The van der Waals surface area contributed by atoms with Gasteiger partial charge in [0.1, 0.15) is 17.7 Å². The second-order valence-corrected chi connectivity index (χ2v) is 16.0. The second-order valence-electron chi connectivity index (χ2n) is 16.0. The van der Waals surface area contributed by atoms with Gasteiger partial charge in [-0.2, -0.15) is 5.10 Å². The van der Waals surface area contributed by atoms with Gasteiger partial charge in [-0.1, -0.05) is 25.1 Å². The number of β-amino-alcohol motifs (C(OH)–C–C–N with tert-alkyl or cyclic N) is 1. The Morgan fingerprint density at radius 2 is 1.82 bits per heavy atom. The number of pyridine rings is 1. The number of allylic oxidation sites excluding steroid dienone is 1. The molecule has 8 rings (SSSR count). The summed E-state index contributed by atoms with van der Waals surface area (Å²) in [6, 6.07) is 12.1. The largest absolute Gasteiger partial charge is 0.393 e. The van der Waals surface area contributed by atoms with Gasteiger partial charge in [0.25, 0.3) is 11.8 Å². The first-order valence-corrected chi connectivity index (χ1v) is 19.7. The Morgan fingerprint density at radius 1 is 1.07 bits per heavy atom. The number of anilines is 2. The van der Waals surface area contributed by atoms with Gasteiger partial charge < -0.3 is 47.1 Å². The first kappa shape index (κ1) is 38.8. The SMILES string of the molecule is CCC1c2c(cnn2C2CN(Cc3cccc(C(=O)N4CCC(C)(O)C4)n3)C2)-c2cccc(NC(/C=C(\N)NC)=C(/N)C(=O)NC3CC3)c2N1C.O=CC1CC1. The molecule has 0 bridgehead atoms. The molecule has 15 heteroatoms. The van der Waals surface area contributed by atoms with E-state index in [9.17, 15) is 19.5 Å². The number of amides is 2. The molecule has 2 atom stereocenters. The molecule has 4 fully saturated rings. The topological polar surface area (TPSA) is 200 Å². The van der Waals surface area contributed by atoms with Crippen LogP contribution < -0.4 is 32.3 Å². The van der Waals surface area contributed by atoms with E-state index in [1.165, 1.54) is 5.69 Å². The maximum Gasteiger partial charge on any atom is 0.272 e. The van der Waals surface area contributed by atoms with Crippen LogP contribution in [0.5, 0.6) is 0 Å². The van der Waals surface area contributed by atoms with Crippen molar-refractivity contribution in [3.63, 3.8) is 0 Å². The van der Waals surface area contributed by atoms with Gasteiger partial charge in [-0.25, -0.2) is 4.98 Å². The van der Waals surface area contributed by atoms with Gasteiger partial charge in [0.15, 0.2) is 0 Å². The number of hydrogen-bond acceptors (Lipinski definition) is 12. The van der Waals surface area contributed by atoms with Crippen LogP contribution in [0.3, 0.4) is 0 Å². The molecule has 5 aliphatic rings. The van der Waals surface area contributed by atoms with Crippen molar-refractivity contribution < 1.29 is 19.5 Å². The molecule has 0 radical (unpaired) electrons. The zero-order valence-electron chi connectivity index (χ0n) is 32.8. The second kappa shape index (κ2) is 16.0. The van der Waals surface area contributed by atoms with Gasteiger partial charge in [0.05, 0.1) is 58.2 Å². The third-order valence-electron chi connectivity index (χ3n) is 11.2. The standard InChI is InChI=1S/C37H49N11O3.C4H6O/c1-5-30-34-26(25-9-7-10-27(33(25)45(30)4)44-29(16-31(38)40-3)32(39)35(49)43-22-12-13-22)17-41-48(34)24-19-46(20-24)18-23-8-6-11-28(42-23)36(50)47-15-14-37(2,51)21-47;5-3-4-1-2-4/h6-11,16-17,22,24,30,40,44,51H,5,12-15,18-21,38-39H2,1-4H3,(H,43,49);3-4H,1-2H2/b31-16+,32-29+;. The van der Waals surface area contributed by atoms with Gasteiger partial charge in [-0.3, -0.25) is 19.2 Å². The molecule has 2 saturated carbocycles. The van der Waals surface area contributed by atoms with Gasteiger partial charge in [-0.15, -0.1) is 0 Å². The van der Waals surface area contributed by atoms with Crippen molar-refractivity contribution in [2.75, 3.05) is 50.5 Å². The molecule has 56 heavy (non-hydrogen) atoms. The van der Waals surface area contributed by atoms with Gasteiger partial charge >= 0.3 is 0 Å². The Bertz CT molecular complexity index is 2030. The van der Waals surface area contributed by atoms with Crippen molar-refractivity contribution >= 4 is 29.5 Å². The van der Waals surface area contributed by atoms with Crippen LogP contribution in [0.25, 0.3) is 11.1 Å². The van der Waals surface area contributed by atoms with Crippen LogP contribution in [0.15, 0.2) is 65.9 Å². The number of nitrogens with one attached hydrogen (secondary N) is 3. The van der Waals surface area contributed by atoms with E-state index in [0.717, 1.165) is 79.7 Å². The lowest BCUT2D eigenvalue weighted by Crippen LogP contribution is -2.48. The van der Waals surface area contributed by atoms with Crippen molar-refractivity contribution in [2.45, 2.75) is 82.6 Å². The molecule has 8 N–H and O–H groups in total. The monoisotopic (exact) mass is 765 g/mol. The zero-order chi connectivity index (χ0) is 39.7. The predicted octanol–water partition coefficient (Wildman–Crippen LogP) is 2.98. The van der Waals surface area contributed by atoms with Crippen LogP contribution in [0.1, 0.15) is 86.3 Å². The summed E-state index contributed by atoms with van der Waals surface area (Å²) in [5.74, 6) is 0.365. The third kappa shape index (κ3) is 8.38. The normalized spacial score (nSPS) is 22.5. The summed E-state index contributed by atoms with van der Waals surface area (Å²) >= 11 is 0. The fraction of sp³-hybridized carbons (Fsp3) is 0.488. The van der Waals surface area contributed by atoms with Crippen LogP contribution in [0, 0.1) is 5.92 Å². The first-order chi connectivity index (χ1) is 26.9. The number of aromatic nitrogens is 3. The minimum absolute atomic E-state index is 0.0589. The summed E-state index contributed by atoms with van der Waals surface area (Å²) in [5, 5.41) is 24.6. The van der Waals surface area contributed by atoms with E-state index in [1.807, 2.05) is 30.5 Å². The molecule has 0 spiro atoms. The molecule has 3 aromatic rings. The Balaban J connectivity index is 0.000000891. The molecule has 2 aromatic heterocycles. The van der Waals surface area contributed by atoms with E-state index < -0.39 is 5.60 Å². The van der Waals surface area contributed by atoms with Crippen LogP contribution >= 0.6 is 0 Å². The lowest BCUT2D eigenvalue weighted by Gasteiger charge is -2.43. The van der Waals surface area contributed by atoms with E-state index in [-0.39, 0.29) is 35.6 Å². The highest BCUT2D eigenvalue weighted by molar-refractivity contribution is 5.96. The van der Waals surface area contributed by atoms with Crippen molar-refractivity contribution in [3.05, 3.63) is 83.0 Å². The number of carbonyl (C=O) groups excluding carboxylic acids is 3. The highest BCUT2D eigenvalue weighted by atomic mass is 16.3. The van der Waals surface area contributed by atoms with Crippen LogP contribution in [-0.4, -0.2) is 99.7 Å². The lowest BCUT2D eigenvalue weighted by molar-refractivity contribution is -0.117. The van der Waals surface area contributed by atoms with Gasteiger partial charge in [-0.05, 0) is 63.6 Å². The van der Waals surface area contributed by atoms with Gasteiger partial charge in [0.2, 0.25) is 0 Å². The Kier molecular flexibility index (Phi) is 11.1. The Morgan fingerprint density at radius 3 is 2.45 bits per heavy atom.